The molecule has 132 valence electrons. The number of carboxylic acids is 1. The summed E-state index contributed by atoms with van der Waals surface area (Å²) in [7, 11) is 1.02. The van der Waals surface area contributed by atoms with Gasteiger partial charge in [-0.15, -0.1) is 0 Å². The van der Waals surface area contributed by atoms with Crippen molar-refractivity contribution in [1.82, 2.24) is 0 Å². The lowest BCUT2D eigenvalue weighted by molar-refractivity contribution is 0.0693. The Balaban J connectivity index is 2.55. The monoisotopic (exact) mass is 378 g/mol. The number of hydrogen-bond donors (Lipinski definition) is 1. The molecule has 0 bridgehead atoms. The Morgan fingerprint density at radius 3 is 1.96 bits per heavy atom. The lowest BCUT2D eigenvalue weighted by atomic mass is 10.1. The van der Waals surface area contributed by atoms with E-state index in [2.05, 4.69) is 4.74 Å². The van der Waals surface area contributed by atoms with Crippen molar-refractivity contribution in [2.45, 2.75) is 0 Å². The second kappa shape index (κ2) is 6.98. The van der Waals surface area contributed by atoms with Crippen molar-refractivity contribution < 1.29 is 41.7 Å². The Kier molecular flexibility index (Phi) is 5.17. The van der Waals surface area contributed by atoms with Gasteiger partial charge in [-0.05, 0) is 12.1 Å². The number of esters is 1. The zero-order chi connectivity index (χ0) is 18.9. The minimum absolute atomic E-state index is 0.0650. The van der Waals surface area contributed by atoms with Gasteiger partial charge in [0.05, 0.1) is 7.11 Å². The van der Waals surface area contributed by atoms with Gasteiger partial charge in [-0.3, -0.25) is 0 Å². The molecular formula is C15H7ClF4O5. The number of carbonyl (C=O) groups is 2. The molecule has 25 heavy (non-hydrogen) atoms. The molecule has 0 aliphatic carbocycles. The summed E-state index contributed by atoms with van der Waals surface area (Å²) in [5, 5.41) is 8.84. The summed E-state index contributed by atoms with van der Waals surface area (Å²) in [5.74, 6) is -12.6. The average molecular weight is 379 g/mol. The van der Waals surface area contributed by atoms with Crippen LogP contribution in [0, 0.1) is 23.3 Å². The molecule has 0 aliphatic heterocycles. The number of carbonyl (C=O) groups excluding carboxylic acids is 1. The minimum atomic E-state index is -1.94. The standard InChI is InChI=1S/C15H7ClF4O5/c1-24-12-6(14(21)22)2-5(16)3-7(12)15(23)25-13-10(19)8(17)4-9(18)11(13)20/h2-4H,1H3,(H,21,22). The quantitative estimate of drug-likeness (QED) is 0.379. The van der Waals surface area contributed by atoms with E-state index in [4.69, 9.17) is 21.4 Å². The van der Waals surface area contributed by atoms with Gasteiger partial charge in [0.1, 0.15) is 16.9 Å². The second-order valence-electron chi connectivity index (χ2n) is 4.53. The fraction of sp³-hybridized carbons (Fsp3) is 0.0667. The highest BCUT2D eigenvalue weighted by Gasteiger charge is 2.27. The second-order valence-corrected chi connectivity index (χ2v) is 4.96. The number of rotatable bonds is 4. The van der Waals surface area contributed by atoms with Gasteiger partial charge in [0.25, 0.3) is 0 Å². The predicted molar refractivity (Wildman–Crippen MR) is 76.2 cm³/mol. The molecule has 0 unspecified atom stereocenters. The van der Waals surface area contributed by atoms with Crippen LogP contribution in [0.2, 0.25) is 5.02 Å². The van der Waals surface area contributed by atoms with Crippen LogP contribution in [-0.4, -0.2) is 24.2 Å². The van der Waals surface area contributed by atoms with E-state index in [1.807, 2.05) is 0 Å². The van der Waals surface area contributed by atoms with Gasteiger partial charge >= 0.3 is 11.9 Å². The fourth-order valence-electron chi connectivity index (χ4n) is 1.91. The van der Waals surface area contributed by atoms with E-state index in [9.17, 15) is 27.2 Å². The largest absolute Gasteiger partial charge is 0.495 e. The van der Waals surface area contributed by atoms with Crippen LogP contribution in [0.25, 0.3) is 0 Å². The number of ether oxygens (including phenoxy) is 2. The third-order valence-corrected chi connectivity index (χ3v) is 3.19. The van der Waals surface area contributed by atoms with E-state index in [1.54, 1.807) is 0 Å². The number of hydrogen-bond acceptors (Lipinski definition) is 4. The molecule has 0 saturated carbocycles. The van der Waals surface area contributed by atoms with Crippen molar-refractivity contribution in [2.75, 3.05) is 7.11 Å². The van der Waals surface area contributed by atoms with Gasteiger partial charge in [-0.1, -0.05) is 11.6 Å². The van der Waals surface area contributed by atoms with Gasteiger partial charge < -0.3 is 14.6 Å². The number of benzene rings is 2. The van der Waals surface area contributed by atoms with Gasteiger partial charge in [0, 0.05) is 11.1 Å². The van der Waals surface area contributed by atoms with E-state index in [0.717, 1.165) is 19.2 Å². The molecule has 2 aromatic rings. The van der Waals surface area contributed by atoms with Crippen LogP contribution in [0.5, 0.6) is 11.5 Å². The van der Waals surface area contributed by atoms with Crippen molar-refractivity contribution in [3.63, 3.8) is 0 Å². The zero-order valence-electron chi connectivity index (χ0n) is 12.2. The fourth-order valence-corrected chi connectivity index (χ4v) is 2.13. The summed E-state index contributed by atoms with van der Waals surface area (Å²) in [4.78, 5) is 23.3. The Labute approximate surface area is 142 Å². The van der Waals surface area contributed by atoms with Crippen molar-refractivity contribution in [3.05, 3.63) is 57.6 Å². The number of carboxylic acid groups (broad SMARTS) is 1. The van der Waals surface area contributed by atoms with E-state index >= 15 is 0 Å². The highest BCUT2D eigenvalue weighted by Crippen LogP contribution is 2.32. The summed E-state index contributed by atoms with van der Waals surface area (Å²) in [6, 6.07) is 1.80. The number of methoxy groups -OCH3 is 1. The highest BCUT2D eigenvalue weighted by molar-refractivity contribution is 6.31. The summed E-state index contributed by atoms with van der Waals surface area (Å²) in [5.41, 5.74) is -1.15. The highest BCUT2D eigenvalue weighted by atomic mass is 35.5. The molecule has 0 fully saturated rings. The van der Waals surface area contributed by atoms with Crippen LogP contribution in [0.4, 0.5) is 17.6 Å². The van der Waals surface area contributed by atoms with Crippen LogP contribution in [0.3, 0.4) is 0 Å². The topological polar surface area (TPSA) is 72.8 Å². The Hall–Kier alpha value is -2.81. The maximum absolute atomic E-state index is 13.6. The molecule has 1 N–H and O–H groups in total. The first-order valence-corrected chi connectivity index (χ1v) is 6.71. The molecule has 0 radical (unpaired) electrons. The van der Waals surface area contributed by atoms with Crippen molar-refractivity contribution in [1.29, 1.82) is 0 Å². The van der Waals surface area contributed by atoms with E-state index in [-0.39, 0.29) is 11.1 Å². The van der Waals surface area contributed by atoms with Gasteiger partial charge in [0.15, 0.2) is 11.6 Å². The minimum Gasteiger partial charge on any atom is -0.495 e. The predicted octanol–water partition coefficient (Wildman–Crippen LogP) is 3.82. The summed E-state index contributed by atoms with van der Waals surface area (Å²) in [6.45, 7) is 0. The lowest BCUT2D eigenvalue weighted by Gasteiger charge is -2.12. The molecule has 0 amide bonds. The van der Waals surface area contributed by atoms with Gasteiger partial charge in [-0.2, -0.15) is 8.78 Å². The number of aromatic carboxylic acids is 1. The molecule has 2 aromatic carbocycles. The van der Waals surface area contributed by atoms with E-state index in [1.165, 1.54) is 0 Å². The van der Waals surface area contributed by atoms with Crippen LogP contribution in [-0.2, 0) is 0 Å². The van der Waals surface area contributed by atoms with E-state index < -0.39 is 57.8 Å². The Morgan fingerprint density at radius 2 is 1.48 bits per heavy atom. The van der Waals surface area contributed by atoms with Crippen molar-refractivity contribution in [2.24, 2.45) is 0 Å². The Morgan fingerprint density at radius 1 is 0.960 bits per heavy atom. The first-order chi connectivity index (χ1) is 11.7. The first kappa shape index (κ1) is 18.5. The normalized spacial score (nSPS) is 10.5. The molecule has 0 atom stereocenters. The number of halogens is 5. The molecule has 10 heteroatoms. The van der Waals surface area contributed by atoms with Crippen molar-refractivity contribution in [3.8, 4) is 11.5 Å². The SMILES string of the molecule is COc1c(C(=O)O)cc(Cl)cc1C(=O)Oc1c(F)c(F)cc(F)c1F. The van der Waals surface area contributed by atoms with Crippen molar-refractivity contribution >= 4 is 23.5 Å². The summed E-state index contributed by atoms with van der Waals surface area (Å²) < 4.78 is 62.6. The smallest absolute Gasteiger partial charge is 0.347 e. The lowest BCUT2D eigenvalue weighted by Crippen LogP contribution is -2.15. The molecule has 5 nitrogen and oxygen atoms in total. The van der Waals surface area contributed by atoms with Gasteiger partial charge in [-0.25, -0.2) is 18.4 Å². The van der Waals surface area contributed by atoms with Crippen LogP contribution >= 0.6 is 11.6 Å². The molecule has 0 spiro atoms. The first-order valence-electron chi connectivity index (χ1n) is 6.33. The molecule has 0 heterocycles. The molecule has 2 rings (SSSR count). The molecule has 0 aliphatic rings. The molecular weight excluding hydrogens is 372 g/mol. The maximum atomic E-state index is 13.6. The zero-order valence-corrected chi connectivity index (χ0v) is 13.0. The third kappa shape index (κ3) is 3.50. The van der Waals surface area contributed by atoms with Crippen LogP contribution in [0.1, 0.15) is 20.7 Å². The average Bonchev–Trinajstić information content (AvgIpc) is 2.55. The molecule has 0 saturated heterocycles. The van der Waals surface area contributed by atoms with Crippen LogP contribution in [0.15, 0.2) is 18.2 Å². The van der Waals surface area contributed by atoms with Crippen LogP contribution < -0.4 is 9.47 Å². The molecule has 0 aromatic heterocycles. The van der Waals surface area contributed by atoms with E-state index in [0.29, 0.717) is 0 Å². The summed E-state index contributed by atoms with van der Waals surface area (Å²) >= 11 is 5.69. The summed E-state index contributed by atoms with van der Waals surface area (Å²) in [6.07, 6.45) is 0. The Bertz CT molecular complexity index is 859. The van der Waals surface area contributed by atoms with Gasteiger partial charge in [0.2, 0.25) is 17.4 Å². The third-order valence-electron chi connectivity index (χ3n) is 2.97. The maximum Gasteiger partial charge on any atom is 0.347 e.